The lowest BCUT2D eigenvalue weighted by atomic mass is 9.99. The van der Waals surface area contributed by atoms with Crippen LogP contribution in [-0.4, -0.2) is 19.9 Å². The molecule has 2 heterocycles. The van der Waals surface area contributed by atoms with E-state index in [4.69, 9.17) is 11.6 Å². The molecule has 0 unspecified atom stereocenters. The first-order valence-corrected chi connectivity index (χ1v) is 7.92. The Morgan fingerprint density at radius 2 is 1.50 bits per heavy atom. The maximum atomic E-state index is 6.05. The highest BCUT2D eigenvalue weighted by atomic mass is 35.5. The molecule has 24 heavy (non-hydrogen) atoms. The highest BCUT2D eigenvalue weighted by Crippen LogP contribution is 2.28. The second-order valence-electron chi connectivity index (χ2n) is 5.34. The SMILES string of the molecule is Clc1nc(NC(c2ccccc2)c2ccccc2)c2nc[nH]c2n1. The van der Waals surface area contributed by atoms with Crippen molar-refractivity contribution in [3.63, 3.8) is 0 Å². The van der Waals surface area contributed by atoms with Gasteiger partial charge in [-0.3, -0.25) is 0 Å². The summed E-state index contributed by atoms with van der Waals surface area (Å²) in [6, 6.07) is 20.3. The van der Waals surface area contributed by atoms with Crippen LogP contribution in [0.4, 0.5) is 5.82 Å². The van der Waals surface area contributed by atoms with Gasteiger partial charge in [0.05, 0.1) is 12.4 Å². The van der Waals surface area contributed by atoms with Crippen molar-refractivity contribution in [2.24, 2.45) is 0 Å². The molecular formula is C18H14ClN5. The van der Waals surface area contributed by atoms with Crippen LogP contribution in [0.1, 0.15) is 17.2 Å². The van der Waals surface area contributed by atoms with E-state index in [0.717, 1.165) is 11.1 Å². The molecule has 118 valence electrons. The van der Waals surface area contributed by atoms with Gasteiger partial charge in [-0.1, -0.05) is 60.7 Å². The maximum absolute atomic E-state index is 6.05. The summed E-state index contributed by atoms with van der Waals surface area (Å²) < 4.78 is 0. The summed E-state index contributed by atoms with van der Waals surface area (Å²) >= 11 is 6.05. The summed E-state index contributed by atoms with van der Waals surface area (Å²) in [6.45, 7) is 0. The Morgan fingerprint density at radius 1 is 0.875 bits per heavy atom. The molecule has 0 saturated heterocycles. The smallest absolute Gasteiger partial charge is 0.226 e. The molecule has 0 fully saturated rings. The van der Waals surface area contributed by atoms with Crippen LogP contribution in [-0.2, 0) is 0 Å². The van der Waals surface area contributed by atoms with Crippen molar-refractivity contribution in [3.05, 3.63) is 83.4 Å². The Morgan fingerprint density at radius 3 is 2.12 bits per heavy atom. The first-order valence-electron chi connectivity index (χ1n) is 7.54. The molecule has 0 radical (unpaired) electrons. The number of hydrogen-bond acceptors (Lipinski definition) is 4. The van der Waals surface area contributed by atoms with Gasteiger partial charge in [-0.05, 0) is 22.7 Å². The third-order valence-corrected chi connectivity index (χ3v) is 3.97. The molecule has 6 heteroatoms. The topological polar surface area (TPSA) is 66.5 Å². The molecule has 0 atom stereocenters. The van der Waals surface area contributed by atoms with Crippen molar-refractivity contribution in [1.82, 2.24) is 19.9 Å². The zero-order valence-electron chi connectivity index (χ0n) is 12.6. The van der Waals surface area contributed by atoms with E-state index in [0.29, 0.717) is 17.0 Å². The van der Waals surface area contributed by atoms with Gasteiger partial charge in [0, 0.05) is 0 Å². The molecule has 0 aliphatic rings. The lowest BCUT2D eigenvalue weighted by molar-refractivity contribution is 0.926. The normalized spacial score (nSPS) is 11.1. The van der Waals surface area contributed by atoms with Crippen LogP contribution in [0, 0.1) is 0 Å². The number of imidazole rings is 1. The number of benzene rings is 2. The average molecular weight is 336 g/mol. The largest absolute Gasteiger partial charge is 0.357 e. The van der Waals surface area contributed by atoms with Crippen LogP contribution in [0.2, 0.25) is 5.28 Å². The third kappa shape index (κ3) is 2.81. The van der Waals surface area contributed by atoms with E-state index in [-0.39, 0.29) is 11.3 Å². The molecule has 4 aromatic rings. The number of fused-ring (bicyclic) bond motifs is 1. The minimum Gasteiger partial charge on any atom is -0.357 e. The summed E-state index contributed by atoms with van der Waals surface area (Å²) in [7, 11) is 0. The van der Waals surface area contributed by atoms with Crippen molar-refractivity contribution in [1.29, 1.82) is 0 Å². The lowest BCUT2D eigenvalue weighted by Crippen LogP contribution is -2.14. The van der Waals surface area contributed by atoms with Gasteiger partial charge in [0.1, 0.15) is 5.52 Å². The fourth-order valence-electron chi connectivity index (χ4n) is 2.70. The summed E-state index contributed by atoms with van der Waals surface area (Å²) in [5.41, 5.74) is 3.53. The molecule has 0 bridgehead atoms. The van der Waals surface area contributed by atoms with Gasteiger partial charge >= 0.3 is 0 Å². The molecule has 0 amide bonds. The fraction of sp³-hybridized carbons (Fsp3) is 0.0556. The van der Waals surface area contributed by atoms with E-state index >= 15 is 0 Å². The van der Waals surface area contributed by atoms with Crippen LogP contribution in [0.15, 0.2) is 67.0 Å². The van der Waals surface area contributed by atoms with Crippen LogP contribution in [0.5, 0.6) is 0 Å². The van der Waals surface area contributed by atoms with Gasteiger partial charge in [-0.25, -0.2) is 4.98 Å². The van der Waals surface area contributed by atoms with Crippen molar-refractivity contribution < 1.29 is 0 Å². The van der Waals surface area contributed by atoms with E-state index in [1.54, 1.807) is 6.33 Å². The molecule has 2 N–H and O–H groups in total. The first-order chi connectivity index (χ1) is 11.8. The third-order valence-electron chi connectivity index (χ3n) is 3.80. The molecule has 4 rings (SSSR count). The van der Waals surface area contributed by atoms with E-state index < -0.39 is 0 Å². The Kier molecular flexibility index (Phi) is 3.84. The number of rotatable bonds is 4. The molecule has 2 aromatic carbocycles. The molecule has 0 saturated carbocycles. The molecule has 0 aliphatic carbocycles. The zero-order valence-corrected chi connectivity index (χ0v) is 13.4. The Hall–Kier alpha value is -2.92. The number of aromatic nitrogens is 4. The monoisotopic (exact) mass is 335 g/mol. The Bertz CT molecular complexity index is 913. The average Bonchev–Trinajstić information content (AvgIpc) is 3.09. The van der Waals surface area contributed by atoms with Gasteiger partial charge < -0.3 is 10.3 Å². The first kappa shape index (κ1) is 14.7. The number of H-pyrrole nitrogens is 1. The van der Waals surface area contributed by atoms with Crippen LogP contribution >= 0.6 is 11.6 Å². The predicted octanol–water partition coefficient (Wildman–Crippen LogP) is 4.21. The van der Waals surface area contributed by atoms with E-state index in [1.807, 2.05) is 36.4 Å². The highest BCUT2D eigenvalue weighted by Gasteiger charge is 2.17. The number of nitrogens with zero attached hydrogens (tertiary/aromatic N) is 3. The van der Waals surface area contributed by atoms with Gasteiger partial charge in [0.2, 0.25) is 5.28 Å². The number of anilines is 1. The van der Waals surface area contributed by atoms with E-state index in [2.05, 4.69) is 49.5 Å². The highest BCUT2D eigenvalue weighted by molar-refractivity contribution is 6.28. The van der Waals surface area contributed by atoms with Crippen molar-refractivity contribution in [2.45, 2.75) is 6.04 Å². The Labute approximate surface area is 143 Å². The quantitative estimate of drug-likeness (QED) is 0.548. The summed E-state index contributed by atoms with van der Waals surface area (Å²) in [6.07, 6.45) is 1.58. The fourth-order valence-corrected chi connectivity index (χ4v) is 2.86. The minimum atomic E-state index is -0.0710. The van der Waals surface area contributed by atoms with Crippen LogP contribution in [0.3, 0.4) is 0 Å². The molecule has 5 nitrogen and oxygen atoms in total. The number of hydrogen-bond donors (Lipinski definition) is 2. The minimum absolute atomic E-state index is 0.0710. The summed E-state index contributed by atoms with van der Waals surface area (Å²) in [5.74, 6) is 0.601. The van der Waals surface area contributed by atoms with Crippen molar-refractivity contribution in [3.8, 4) is 0 Å². The molecule has 0 aliphatic heterocycles. The van der Waals surface area contributed by atoms with Crippen LogP contribution < -0.4 is 5.32 Å². The van der Waals surface area contributed by atoms with Gasteiger partial charge in [-0.2, -0.15) is 9.97 Å². The van der Waals surface area contributed by atoms with Crippen LogP contribution in [0.25, 0.3) is 11.2 Å². The second-order valence-corrected chi connectivity index (χ2v) is 5.68. The van der Waals surface area contributed by atoms with Gasteiger partial charge in [-0.15, -0.1) is 0 Å². The van der Waals surface area contributed by atoms with Gasteiger partial charge in [0.25, 0.3) is 0 Å². The number of aromatic amines is 1. The second kappa shape index (κ2) is 6.29. The maximum Gasteiger partial charge on any atom is 0.226 e. The number of nitrogens with one attached hydrogen (secondary N) is 2. The van der Waals surface area contributed by atoms with Crippen molar-refractivity contribution >= 4 is 28.6 Å². The Balaban J connectivity index is 1.81. The van der Waals surface area contributed by atoms with Gasteiger partial charge in [0.15, 0.2) is 11.5 Å². The predicted molar refractivity (Wildman–Crippen MR) is 95.0 cm³/mol. The number of halogens is 1. The lowest BCUT2D eigenvalue weighted by Gasteiger charge is -2.20. The molecule has 0 spiro atoms. The molecular weight excluding hydrogens is 322 g/mol. The van der Waals surface area contributed by atoms with E-state index in [9.17, 15) is 0 Å². The standard InChI is InChI=1S/C18H14ClN5/c19-18-23-16-15(20-11-21-16)17(24-18)22-14(12-7-3-1-4-8-12)13-9-5-2-6-10-13/h1-11,14H,(H2,20,21,22,23,24). The van der Waals surface area contributed by atoms with E-state index in [1.165, 1.54) is 0 Å². The zero-order chi connectivity index (χ0) is 16.4. The summed E-state index contributed by atoms with van der Waals surface area (Å²) in [5, 5.41) is 3.64. The molecule has 2 aromatic heterocycles. The van der Waals surface area contributed by atoms with Crippen molar-refractivity contribution in [2.75, 3.05) is 5.32 Å². The summed E-state index contributed by atoms with van der Waals surface area (Å²) in [4.78, 5) is 15.7.